The molecule has 3 saturated heterocycles. The molecule has 2 N–H and O–H groups in total. The molecule has 3 rings (SSSR count). The van der Waals surface area contributed by atoms with Crippen molar-refractivity contribution in [1.82, 2.24) is 9.80 Å². The number of carbonyl (C=O) groups excluding carboxylic acids is 2. The smallest absolute Gasteiger partial charge is 0.308 e. The van der Waals surface area contributed by atoms with Crippen LogP contribution in [0.2, 0.25) is 0 Å². The zero-order chi connectivity index (χ0) is 21.7. The summed E-state index contributed by atoms with van der Waals surface area (Å²) in [4.78, 5) is 42.5. The van der Waals surface area contributed by atoms with Gasteiger partial charge in [-0.05, 0) is 33.6 Å². The summed E-state index contributed by atoms with van der Waals surface area (Å²) in [5.74, 6) is -2.97. The third-order valence-electron chi connectivity index (χ3n) is 6.25. The van der Waals surface area contributed by atoms with Crippen LogP contribution in [0.3, 0.4) is 0 Å². The van der Waals surface area contributed by atoms with E-state index in [4.69, 9.17) is 0 Å². The number of rotatable bonds is 7. The second-order valence-corrected chi connectivity index (χ2v) is 11.7. The van der Waals surface area contributed by atoms with E-state index < -0.39 is 34.1 Å². The summed E-state index contributed by atoms with van der Waals surface area (Å²) in [5.41, 5.74) is -0.479. The molecule has 162 valence electrons. The first kappa shape index (κ1) is 22.6. The number of hydrogen-bond donors (Lipinski definition) is 2. The number of carbonyl (C=O) groups is 3. The van der Waals surface area contributed by atoms with E-state index in [1.165, 1.54) is 16.7 Å². The molecule has 3 unspecified atom stereocenters. The van der Waals surface area contributed by atoms with Crippen LogP contribution in [-0.4, -0.2) is 83.9 Å². The highest BCUT2D eigenvalue weighted by molar-refractivity contribution is 9.09. The lowest BCUT2D eigenvalue weighted by molar-refractivity contribution is -0.148. The Morgan fingerprint density at radius 1 is 1.45 bits per heavy atom. The van der Waals surface area contributed by atoms with E-state index in [0.29, 0.717) is 19.4 Å². The minimum atomic E-state index is -0.985. The topological polar surface area (TPSA) is 98.2 Å². The Bertz CT molecular complexity index is 726. The second-order valence-electron chi connectivity index (χ2n) is 9.02. The minimum absolute atomic E-state index is 0.0618. The summed E-state index contributed by atoms with van der Waals surface area (Å²) in [5, 5.41) is 19.0. The molecule has 9 heteroatoms. The van der Waals surface area contributed by atoms with Crippen LogP contribution in [0.5, 0.6) is 0 Å². The number of carboxylic acids is 1. The van der Waals surface area contributed by atoms with Gasteiger partial charge in [-0.25, -0.2) is 0 Å². The van der Waals surface area contributed by atoms with Crippen molar-refractivity contribution in [3.63, 3.8) is 0 Å². The van der Waals surface area contributed by atoms with Gasteiger partial charge in [0.2, 0.25) is 11.8 Å². The van der Waals surface area contributed by atoms with Crippen molar-refractivity contribution in [2.45, 2.75) is 60.0 Å². The van der Waals surface area contributed by atoms with Crippen LogP contribution in [-0.2, 0) is 14.4 Å². The first-order chi connectivity index (χ1) is 13.5. The van der Waals surface area contributed by atoms with Crippen molar-refractivity contribution < 1.29 is 24.6 Å². The van der Waals surface area contributed by atoms with Crippen molar-refractivity contribution in [2.24, 2.45) is 11.8 Å². The van der Waals surface area contributed by atoms with Crippen molar-refractivity contribution >= 4 is 45.5 Å². The number of halogens is 1. The number of amides is 2. The number of carboxylic acid groups (broad SMARTS) is 1. The SMILES string of the molecule is C=CCN(C(=O)C1N(CCCO)C(=O)[C@@H]2[C@H](C(=O)O)[C@H]3SC12CC3Br)C(C)(C)C. The fourth-order valence-electron chi connectivity index (χ4n) is 5.14. The van der Waals surface area contributed by atoms with Gasteiger partial charge >= 0.3 is 5.97 Å². The van der Waals surface area contributed by atoms with Crippen LogP contribution < -0.4 is 0 Å². The van der Waals surface area contributed by atoms with E-state index in [9.17, 15) is 24.6 Å². The van der Waals surface area contributed by atoms with Gasteiger partial charge in [0.1, 0.15) is 6.04 Å². The molecule has 0 aromatic rings. The van der Waals surface area contributed by atoms with Gasteiger partial charge < -0.3 is 20.0 Å². The second kappa shape index (κ2) is 7.89. The number of aliphatic hydroxyl groups excluding tert-OH is 1. The lowest BCUT2D eigenvalue weighted by atomic mass is 9.71. The third kappa shape index (κ3) is 3.43. The van der Waals surface area contributed by atoms with Gasteiger partial charge in [0.25, 0.3) is 0 Å². The van der Waals surface area contributed by atoms with Crippen LogP contribution in [0, 0.1) is 11.8 Å². The predicted octanol–water partition coefficient (Wildman–Crippen LogP) is 1.73. The van der Waals surface area contributed by atoms with Crippen molar-refractivity contribution in [3.8, 4) is 0 Å². The summed E-state index contributed by atoms with van der Waals surface area (Å²) in [6.45, 7) is 10.1. The molecule has 0 aliphatic carbocycles. The first-order valence-corrected chi connectivity index (χ1v) is 11.7. The Labute approximate surface area is 184 Å². The van der Waals surface area contributed by atoms with E-state index in [1.807, 2.05) is 20.8 Å². The largest absolute Gasteiger partial charge is 0.481 e. The number of thioether (sulfide) groups is 1. The zero-order valence-electron chi connectivity index (χ0n) is 17.0. The molecular formula is C20H29BrN2O5S. The molecule has 6 atom stereocenters. The first-order valence-electron chi connectivity index (χ1n) is 9.89. The van der Waals surface area contributed by atoms with Crippen LogP contribution in [0.4, 0.5) is 0 Å². The summed E-state index contributed by atoms with van der Waals surface area (Å²) < 4.78 is -0.768. The monoisotopic (exact) mass is 488 g/mol. The highest BCUT2D eigenvalue weighted by atomic mass is 79.9. The Morgan fingerprint density at radius 3 is 2.62 bits per heavy atom. The Kier molecular flexibility index (Phi) is 6.15. The molecule has 1 spiro atoms. The molecule has 7 nitrogen and oxygen atoms in total. The van der Waals surface area contributed by atoms with Gasteiger partial charge in [-0.3, -0.25) is 14.4 Å². The molecule has 2 amide bonds. The fourth-order valence-corrected chi connectivity index (χ4v) is 8.74. The molecule has 0 aromatic heterocycles. The lowest BCUT2D eigenvalue weighted by Crippen LogP contribution is -2.59. The minimum Gasteiger partial charge on any atom is -0.481 e. The van der Waals surface area contributed by atoms with E-state index in [0.717, 1.165) is 0 Å². The highest BCUT2D eigenvalue weighted by Crippen LogP contribution is 2.67. The number of alkyl halides is 1. The highest BCUT2D eigenvalue weighted by Gasteiger charge is 2.76. The quantitative estimate of drug-likeness (QED) is 0.418. The van der Waals surface area contributed by atoms with Gasteiger partial charge in [0.05, 0.1) is 16.6 Å². The van der Waals surface area contributed by atoms with Crippen LogP contribution in [0.1, 0.15) is 33.6 Å². The summed E-state index contributed by atoms with van der Waals surface area (Å²) in [6, 6.07) is -0.745. The lowest BCUT2D eigenvalue weighted by Gasteiger charge is -2.42. The molecule has 3 aliphatic rings. The molecular weight excluding hydrogens is 460 g/mol. The number of nitrogens with zero attached hydrogens (tertiary/aromatic N) is 2. The van der Waals surface area contributed by atoms with Crippen molar-refractivity contribution in [3.05, 3.63) is 12.7 Å². The average molecular weight is 489 g/mol. The maximum Gasteiger partial charge on any atom is 0.308 e. The number of aliphatic hydroxyl groups is 1. The fraction of sp³-hybridized carbons (Fsp3) is 0.750. The van der Waals surface area contributed by atoms with Gasteiger partial charge in [-0.1, -0.05) is 22.0 Å². The Balaban J connectivity index is 2.09. The Hall–Kier alpha value is -1.06. The van der Waals surface area contributed by atoms with E-state index in [-0.39, 0.29) is 35.0 Å². The van der Waals surface area contributed by atoms with Crippen molar-refractivity contribution in [2.75, 3.05) is 19.7 Å². The predicted molar refractivity (Wildman–Crippen MR) is 115 cm³/mol. The van der Waals surface area contributed by atoms with Crippen LogP contribution >= 0.6 is 27.7 Å². The number of fused-ring (bicyclic) bond motifs is 1. The molecule has 0 aromatic carbocycles. The van der Waals surface area contributed by atoms with Crippen molar-refractivity contribution in [1.29, 1.82) is 0 Å². The molecule has 29 heavy (non-hydrogen) atoms. The van der Waals surface area contributed by atoms with Gasteiger partial charge in [-0.2, -0.15) is 0 Å². The average Bonchev–Trinajstić information content (AvgIpc) is 3.20. The van der Waals surface area contributed by atoms with Gasteiger partial charge in [0.15, 0.2) is 0 Å². The maximum atomic E-state index is 13.9. The molecule has 0 saturated carbocycles. The number of hydrogen-bond acceptors (Lipinski definition) is 5. The van der Waals surface area contributed by atoms with Crippen LogP contribution in [0.15, 0.2) is 12.7 Å². The molecule has 3 aliphatic heterocycles. The normalized spacial score (nSPS) is 35.7. The van der Waals surface area contributed by atoms with Crippen LogP contribution in [0.25, 0.3) is 0 Å². The third-order valence-corrected chi connectivity index (χ3v) is 9.47. The summed E-state index contributed by atoms with van der Waals surface area (Å²) >= 11 is 5.11. The molecule has 2 bridgehead atoms. The van der Waals surface area contributed by atoms with Gasteiger partial charge in [0, 0.05) is 35.3 Å². The van der Waals surface area contributed by atoms with E-state index in [1.54, 1.807) is 11.0 Å². The standard InChI is InChI=1S/C20H29BrN2O5S/c1-5-7-23(19(2,3)4)17(26)15-20-10-11(21)14(29-20)12(18(27)28)13(20)16(25)22(15)8-6-9-24/h5,11-15,24H,1,6-10H2,2-4H3,(H,27,28)/t11?,12-,13-,14-,15?,20?/m0/s1. The summed E-state index contributed by atoms with van der Waals surface area (Å²) in [6.07, 6.45) is 2.58. The number of likely N-dealkylation sites (tertiary alicyclic amines) is 1. The maximum absolute atomic E-state index is 13.9. The van der Waals surface area contributed by atoms with E-state index >= 15 is 0 Å². The summed E-state index contributed by atoms with van der Waals surface area (Å²) in [7, 11) is 0. The number of aliphatic carboxylic acids is 1. The van der Waals surface area contributed by atoms with E-state index in [2.05, 4.69) is 22.5 Å². The molecule has 3 fully saturated rings. The zero-order valence-corrected chi connectivity index (χ0v) is 19.4. The molecule has 0 radical (unpaired) electrons. The molecule has 3 heterocycles. The Morgan fingerprint density at radius 2 is 2.10 bits per heavy atom. The van der Waals surface area contributed by atoms with Gasteiger partial charge in [-0.15, -0.1) is 18.3 Å².